The summed E-state index contributed by atoms with van der Waals surface area (Å²) in [4.78, 5) is 17.4. The van der Waals surface area contributed by atoms with Gasteiger partial charge in [0, 0.05) is 37.6 Å². The van der Waals surface area contributed by atoms with Crippen molar-refractivity contribution in [3.05, 3.63) is 52.2 Å². The van der Waals surface area contributed by atoms with Crippen LogP contribution in [0.3, 0.4) is 0 Å². The van der Waals surface area contributed by atoms with E-state index in [0.29, 0.717) is 26.2 Å². The second kappa shape index (κ2) is 8.84. The Hall–Kier alpha value is -2.25. The number of hydrogen-bond acceptors (Lipinski definition) is 6. The lowest BCUT2D eigenvalue weighted by Gasteiger charge is -2.34. The maximum atomic E-state index is 12.9. The van der Waals surface area contributed by atoms with Gasteiger partial charge < -0.3 is 4.90 Å². The van der Waals surface area contributed by atoms with Crippen molar-refractivity contribution in [3.8, 4) is 6.07 Å². The molecule has 0 radical (unpaired) electrons. The molecule has 0 aliphatic carbocycles. The molecule has 28 heavy (non-hydrogen) atoms. The van der Waals surface area contributed by atoms with Crippen LogP contribution in [0.5, 0.6) is 0 Å². The molecule has 1 amide bonds. The highest BCUT2D eigenvalue weighted by molar-refractivity contribution is 7.89. The molecule has 1 aliphatic heterocycles. The van der Waals surface area contributed by atoms with Gasteiger partial charge in [-0.3, -0.25) is 9.69 Å². The molecule has 148 valence electrons. The van der Waals surface area contributed by atoms with Gasteiger partial charge in [0.2, 0.25) is 15.9 Å². The van der Waals surface area contributed by atoms with E-state index in [1.807, 2.05) is 35.5 Å². The predicted octanol–water partition coefficient (Wildman–Crippen LogP) is 1.58. The Labute approximate surface area is 169 Å². The first-order valence-electron chi connectivity index (χ1n) is 8.90. The van der Waals surface area contributed by atoms with Crippen LogP contribution in [0.25, 0.3) is 0 Å². The molecule has 0 saturated carbocycles. The molecule has 0 unspecified atom stereocenters. The molecule has 0 atom stereocenters. The van der Waals surface area contributed by atoms with Crippen molar-refractivity contribution in [1.82, 2.24) is 14.1 Å². The van der Waals surface area contributed by atoms with E-state index in [0.717, 1.165) is 0 Å². The molecule has 3 rings (SSSR count). The number of sulfonamides is 1. The molecule has 9 heteroatoms. The molecule has 0 spiro atoms. The predicted molar refractivity (Wildman–Crippen MR) is 107 cm³/mol. The summed E-state index contributed by atoms with van der Waals surface area (Å²) in [5.41, 5.74) is 0.135. The fourth-order valence-electron chi connectivity index (χ4n) is 3.16. The number of rotatable bonds is 6. The lowest BCUT2D eigenvalue weighted by molar-refractivity contribution is -0.133. The van der Waals surface area contributed by atoms with Crippen LogP contribution in [0.15, 0.2) is 46.7 Å². The number of amides is 1. The highest BCUT2D eigenvalue weighted by atomic mass is 32.2. The summed E-state index contributed by atoms with van der Waals surface area (Å²) >= 11 is 1.65. The molecular weight excluding hydrogens is 396 g/mol. The Morgan fingerprint density at radius 1 is 1.18 bits per heavy atom. The largest absolute Gasteiger partial charge is 0.339 e. The number of nitriles is 1. The molecule has 2 aromatic rings. The number of carbonyl (C=O) groups is 1. The van der Waals surface area contributed by atoms with Gasteiger partial charge >= 0.3 is 0 Å². The van der Waals surface area contributed by atoms with E-state index < -0.39 is 10.0 Å². The maximum Gasteiger partial charge on any atom is 0.244 e. The summed E-state index contributed by atoms with van der Waals surface area (Å²) in [5, 5.41) is 11.2. The molecule has 1 aromatic heterocycles. The third kappa shape index (κ3) is 4.59. The first-order chi connectivity index (χ1) is 13.4. The van der Waals surface area contributed by atoms with Crippen molar-refractivity contribution in [2.24, 2.45) is 0 Å². The molecule has 1 aromatic carbocycles. The molecule has 0 N–H and O–H groups in total. The molecule has 1 aliphatic rings. The van der Waals surface area contributed by atoms with Crippen LogP contribution in [0, 0.1) is 11.3 Å². The van der Waals surface area contributed by atoms with Crippen LogP contribution in [0.1, 0.15) is 10.4 Å². The maximum absolute atomic E-state index is 12.9. The van der Waals surface area contributed by atoms with Gasteiger partial charge in [0.15, 0.2) is 0 Å². The van der Waals surface area contributed by atoms with Crippen LogP contribution >= 0.6 is 11.3 Å². The Balaban J connectivity index is 1.58. The van der Waals surface area contributed by atoms with Crippen molar-refractivity contribution in [3.63, 3.8) is 0 Å². The third-order valence-electron chi connectivity index (χ3n) is 4.63. The van der Waals surface area contributed by atoms with Gasteiger partial charge in [0.1, 0.15) is 6.07 Å². The monoisotopic (exact) mass is 418 g/mol. The van der Waals surface area contributed by atoms with Gasteiger partial charge in [0.05, 0.1) is 17.0 Å². The first kappa shape index (κ1) is 20.5. The summed E-state index contributed by atoms with van der Waals surface area (Å²) in [7, 11) is -1.85. The Bertz CT molecular complexity index is 959. The minimum atomic E-state index is -3.75. The van der Waals surface area contributed by atoms with Gasteiger partial charge in [-0.1, -0.05) is 18.2 Å². The normalized spacial score (nSPS) is 15.5. The number of nitrogens with zero attached hydrogens (tertiary/aromatic N) is 4. The fourth-order valence-corrected chi connectivity index (χ4v) is 5.50. The quantitative estimate of drug-likeness (QED) is 0.711. The van der Waals surface area contributed by atoms with E-state index in [1.54, 1.807) is 28.4 Å². The number of benzene rings is 1. The summed E-state index contributed by atoms with van der Waals surface area (Å²) in [6, 6.07) is 12.1. The summed E-state index contributed by atoms with van der Waals surface area (Å²) < 4.78 is 27.1. The number of carbonyl (C=O) groups excluding carboxylic acids is 1. The van der Waals surface area contributed by atoms with Crippen LogP contribution in [-0.4, -0.2) is 68.2 Å². The molecule has 1 fully saturated rings. The Morgan fingerprint density at radius 2 is 1.89 bits per heavy atom. The van der Waals surface area contributed by atoms with Crippen molar-refractivity contribution >= 4 is 27.3 Å². The zero-order valence-corrected chi connectivity index (χ0v) is 17.2. The summed E-state index contributed by atoms with van der Waals surface area (Å²) in [6.45, 7) is 2.15. The Morgan fingerprint density at radius 3 is 2.54 bits per heavy atom. The van der Waals surface area contributed by atoms with Crippen molar-refractivity contribution in [1.29, 1.82) is 5.26 Å². The zero-order valence-electron chi connectivity index (χ0n) is 15.6. The molecule has 2 heterocycles. The second-order valence-corrected chi connectivity index (χ2v) is 9.58. The number of thiophene rings is 1. The highest BCUT2D eigenvalue weighted by Gasteiger charge is 2.31. The lowest BCUT2D eigenvalue weighted by atomic mass is 10.2. The van der Waals surface area contributed by atoms with Gasteiger partial charge in [-0.05, 0) is 30.6 Å². The van der Waals surface area contributed by atoms with Crippen LogP contribution in [0.4, 0.5) is 0 Å². The third-order valence-corrected chi connectivity index (χ3v) is 7.45. The molecule has 7 nitrogen and oxygen atoms in total. The first-order valence-corrected chi connectivity index (χ1v) is 11.2. The van der Waals surface area contributed by atoms with E-state index >= 15 is 0 Å². The molecule has 1 saturated heterocycles. The van der Waals surface area contributed by atoms with E-state index in [4.69, 9.17) is 0 Å². The van der Waals surface area contributed by atoms with E-state index in [9.17, 15) is 18.5 Å². The van der Waals surface area contributed by atoms with Gasteiger partial charge in [-0.2, -0.15) is 9.57 Å². The smallest absolute Gasteiger partial charge is 0.244 e. The SMILES string of the molecule is CN(CC(=O)N1CCN(S(=O)(=O)c2ccccc2C#N)CC1)Cc1cccs1. The summed E-state index contributed by atoms with van der Waals surface area (Å²) in [5.74, 6) is -0.00599. The average molecular weight is 419 g/mol. The van der Waals surface area contributed by atoms with Crippen LogP contribution in [0.2, 0.25) is 0 Å². The van der Waals surface area contributed by atoms with E-state index in [-0.39, 0.29) is 29.5 Å². The zero-order chi connectivity index (χ0) is 20.1. The summed E-state index contributed by atoms with van der Waals surface area (Å²) in [6.07, 6.45) is 0. The number of likely N-dealkylation sites (N-methyl/N-ethyl adjacent to an activating group) is 1. The van der Waals surface area contributed by atoms with Gasteiger partial charge in [0.25, 0.3) is 0 Å². The van der Waals surface area contributed by atoms with Crippen molar-refractivity contribution in [2.45, 2.75) is 11.4 Å². The lowest BCUT2D eigenvalue weighted by Crippen LogP contribution is -2.52. The minimum absolute atomic E-state index is 0.00599. The van der Waals surface area contributed by atoms with Crippen LogP contribution in [-0.2, 0) is 21.4 Å². The molecular formula is C19H22N4O3S2. The van der Waals surface area contributed by atoms with Gasteiger partial charge in [-0.15, -0.1) is 11.3 Å². The van der Waals surface area contributed by atoms with E-state index in [2.05, 4.69) is 0 Å². The highest BCUT2D eigenvalue weighted by Crippen LogP contribution is 2.21. The van der Waals surface area contributed by atoms with Crippen molar-refractivity contribution in [2.75, 3.05) is 39.8 Å². The van der Waals surface area contributed by atoms with Crippen molar-refractivity contribution < 1.29 is 13.2 Å². The number of hydrogen-bond donors (Lipinski definition) is 0. The fraction of sp³-hybridized carbons (Fsp3) is 0.368. The standard InChI is InChI=1S/C19H22N4O3S2/c1-21(14-17-6-4-12-27-17)15-19(24)22-8-10-23(11-9-22)28(25,26)18-7-3-2-5-16(18)13-20/h2-7,12H,8-11,14-15H2,1H3. The Kier molecular flexibility index (Phi) is 6.46. The average Bonchev–Trinajstić information content (AvgIpc) is 3.20. The van der Waals surface area contributed by atoms with Gasteiger partial charge in [-0.25, -0.2) is 8.42 Å². The topological polar surface area (TPSA) is 84.7 Å². The van der Waals surface area contributed by atoms with E-state index in [1.165, 1.54) is 21.3 Å². The molecule has 0 bridgehead atoms. The second-order valence-electron chi connectivity index (χ2n) is 6.64. The minimum Gasteiger partial charge on any atom is -0.339 e. The number of piperazine rings is 1. The van der Waals surface area contributed by atoms with Crippen LogP contribution < -0.4 is 0 Å².